The Morgan fingerprint density at radius 3 is 3.17 bits per heavy atom. The SMILES string of the molecule is COc1cccc(CCN2CCCNCC2=O)c1. The molecular weight excluding hydrogens is 228 g/mol. The molecule has 0 unspecified atom stereocenters. The molecule has 1 saturated heterocycles. The van der Waals surface area contributed by atoms with Crippen molar-refractivity contribution in [2.75, 3.05) is 33.3 Å². The van der Waals surface area contributed by atoms with Gasteiger partial charge in [-0.2, -0.15) is 0 Å². The number of rotatable bonds is 4. The van der Waals surface area contributed by atoms with E-state index < -0.39 is 0 Å². The highest BCUT2D eigenvalue weighted by molar-refractivity contribution is 5.78. The van der Waals surface area contributed by atoms with Crippen LogP contribution in [-0.4, -0.2) is 44.1 Å². The lowest BCUT2D eigenvalue weighted by Gasteiger charge is -2.20. The van der Waals surface area contributed by atoms with Crippen LogP contribution in [0.4, 0.5) is 0 Å². The summed E-state index contributed by atoms with van der Waals surface area (Å²) in [5.74, 6) is 1.08. The third kappa shape index (κ3) is 3.47. The van der Waals surface area contributed by atoms with Crippen LogP contribution in [0.25, 0.3) is 0 Å². The normalized spacial score (nSPS) is 16.5. The fraction of sp³-hybridized carbons (Fsp3) is 0.500. The number of carbonyl (C=O) groups is 1. The van der Waals surface area contributed by atoms with Crippen LogP contribution in [0.3, 0.4) is 0 Å². The Morgan fingerprint density at radius 2 is 2.33 bits per heavy atom. The molecule has 18 heavy (non-hydrogen) atoms. The van der Waals surface area contributed by atoms with Gasteiger partial charge in [0.05, 0.1) is 13.7 Å². The van der Waals surface area contributed by atoms with Crippen LogP contribution in [0.15, 0.2) is 24.3 Å². The maximum atomic E-state index is 11.8. The first-order valence-corrected chi connectivity index (χ1v) is 6.41. The molecule has 0 bridgehead atoms. The van der Waals surface area contributed by atoms with Crippen LogP contribution in [0.5, 0.6) is 5.75 Å². The monoisotopic (exact) mass is 248 g/mol. The molecule has 1 amide bonds. The molecule has 1 aromatic rings. The van der Waals surface area contributed by atoms with Gasteiger partial charge in [-0.15, -0.1) is 0 Å². The van der Waals surface area contributed by atoms with Crippen molar-refractivity contribution >= 4 is 5.91 Å². The number of nitrogens with zero attached hydrogens (tertiary/aromatic N) is 1. The van der Waals surface area contributed by atoms with Gasteiger partial charge in [0.15, 0.2) is 0 Å². The van der Waals surface area contributed by atoms with Crippen molar-refractivity contribution in [3.05, 3.63) is 29.8 Å². The fourth-order valence-corrected chi connectivity index (χ4v) is 2.16. The molecule has 0 radical (unpaired) electrons. The highest BCUT2D eigenvalue weighted by Gasteiger charge is 2.15. The van der Waals surface area contributed by atoms with Gasteiger partial charge in [-0.1, -0.05) is 12.1 Å². The van der Waals surface area contributed by atoms with E-state index in [9.17, 15) is 4.79 Å². The second-order valence-electron chi connectivity index (χ2n) is 4.51. The predicted molar refractivity (Wildman–Crippen MR) is 70.8 cm³/mol. The lowest BCUT2D eigenvalue weighted by molar-refractivity contribution is -0.129. The molecule has 0 atom stereocenters. The van der Waals surface area contributed by atoms with Gasteiger partial charge in [-0.05, 0) is 37.1 Å². The maximum absolute atomic E-state index is 11.8. The van der Waals surface area contributed by atoms with Crippen LogP contribution in [0.2, 0.25) is 0 Å². The van der Waals surface area contributed by atoms with E-state index in [2.05, 4.69) is 11.4 Å². The molecule has 98 valence electrons. The minimum Gasteiger partial charge on any atom is -0.497 e. The number of carbonyl (C=O) groups excluding carboxylic acids is 1. The van der Waals surface area contributed by atoms with Crippen molar-refractivity contribution in [3.63, 3.8) is 0 Å². The van der Waals surface area contributed by atoms with E-state index in [1.165, 1.54) is 5.56 Å². The maximum Gasteiger partial charge on any atom is 0.236 e. The first-order valence-electron chi connectivity index (χ1n) is 6.41. The Hall–Kier alpha value is -1.55. The van der Waals surface area contributed by atoms with Gasteiger partial charge in [0.25, 0.3) is 0 Å². The topological polar surface area (TPSA) is 41.6 Å². The summed E-state index contributed by atoms with van der Waals surface area (Å²) in [6, 6.07) is 8.02. The molecule has 0 spiro atoms. The van der Waals surface area contributed by atoms with Gasteiger partial charge >= 0.3 is 0 Å². The standard InChI is InChI=1S/C14H20N2O2/c1-18-13-5-2-4-12(10-13)6-9-16-8-3-7-15-11-14(16)17/h2,4-5,10,15H,3,6-9,11H2,1H3. The Balaban J connectivity index is 1.91. The van der Waals surface area contributed by atoms with Gasteiger partial charge in [-0.25, -0.2) is 0 Å². The van der Waals surface area contributed by atoms with Crippen molar-refractivity contribution in [2.24, 2.45) is 0 Å². The molecule has 0 aromatic heterocycles. The Kier molecular flexibility index (Phi) is 4.59. The summed E-state index contributed by atoms with van der Waals surface area (Å²) in [6.45, 7) is 3.04. The zero-order valence-electron chi connectivity index (χ0n) is 10.8. The van der Waals surface area contributed by atoms with E-state index in [4.69, 9.17) is 4.74 Å². The molecule has 1 N–H and O–H groups in total. The van der Waals surface area contributed by atoms with Crippen LogP contribution in [0, 0.1) is 0 Å². The second-order valence-corrected chi connectivity index (χ2v) is 4.51. The summed E-state index contributed by atoms with van der Waals surface area (Å²) in [5, 5.41) is 3.13. The lowest BCUT2D eigenvalue weighted by Crippen LogP contribution is -2.36. The molecule has 4 nitrogen and oxygen atoms in total. The Labute approximate surface area is 108 Å². The molecule has 2 rings (SSSR count). The molecular formula is C14H20N2O2. The fourth-order valence-electron chi connectivity index (χ4n) is 2.16. The molecule has 1 aliphatic heterocycles. The lowest BCUT2D eigenvalue weighted by atomic mass is 10.1. The predicted octanol–water partition coefficient (Wildman–Crippen LogP) is 1.06. The number of methoxy groups -OCH3 is 1. The summed E-state index contributed by atoms with van der Waals surface area (Å²) in [4.78, 5) is 13.7. The number of amides is 1. The molecule has 1 fully saturated rings. The number of hydrogen-bond donors (Lipinski definition) is 1. The highest BCUT2D eigenvalue weighted by Crippen LogP contribution is 2.13. The third-order valence-corrected chi connectivity index (χ3v) is 3.22. The molecule has 1 aliphatic rings. The zero-order valence-corrected chi connectivity index (χ0v) is 10.8. The second kappa shape index (κ2) is 6.40. The third-order valence-electron chi connectivity index (χ3n) is 3.22. The van der Waals surface area contributed by atoms with Gasteiger partial charge in [0, 0.05) is 13.1 Å². The minimum atomic E-state index is 0.204. The molecule has 4 heteroatoms. The van der Waals surface area contributed by atoms with E-state index >= 15 is 0 Å². The Bertz CT molecular complexity index is 407. The van der Waals surface area contributed by atoms with Gasteiger partial charge in [0.1, 0.15) is 5.75 Å². The number of ether oxygens (including phenoxy) is 1. The highest BCUT2D eigenvalue weighted by atomic mass is 16.5. The minimum absolute atomic E-state index is 0.204. The van der Waals surface area contributed by atoms with Crippen molar-refractivity contribution in [1.29, 1.82) is 0 Å². The van der Waals surface area contributed by atoms with Crippen molar-refractivity contribution in [1.82, 2.24) is 10.2 Å². The summed E-state index contributed by atoms with van der Waals surface area (Å²) < 4.78 is 5.20. The van der Waals surface area contributed by atoms with E-state index in [1.54, 1.807) is 7.11 Å². The molecule has 0 aliphatic carbocycles. The van der Waals surface area contributed by atoms with Crippen LogP contribution >= 0.6 is 0 Å². The van der Waals surface area contributed by atoms with Gasteiger partial charge in [-0.3, -0.25) is 4.79 Å². The van der Waals surface area contributed by atoms with Crippen molar-refractivity contribution in [3.8, 4) is 5.75 Å². The number of nitrogens with one attached hydrogen (secondary N) is 1. The van der Waals surface area contributed by atoms with Crippen molar-refractivity contribution < 1.29 is 9.53 Å². The largest absolute Gasteiger partial charge is 0.497 e. The van der Waals surface area contributed by atoms with E-state index in [-0.39, 0.29) is 5.91 Å². The average Bonchev–Trinajstić information content (AvgIpc) is 2.61. The smallest absolute Gasteiger partial charge is 0.236 e. The quantitative estimate of drug-likeness (QED) is 0.866. The van der Waals surface area contributed by atoms with Crippen molar-refractivity contribution in [2.45, 2.75) is 12.8 Å². The number of benzene rings is 1. The molecule has 0 saturated carbocycles. The zero-order chi connectivity index (χ0) is 12.8. The summed E-state index contributed by atoms with van der Waals surface area (Å²) in [7, 11) is 1.67. The van der Waals surface area contributed by atoms with Crippen LogP contribution in [-0.2, 0) is 11.2 Å². The number of hydrogen-bond acceptors (Lipinski definition) is 3. The van der Waals surface area contributed by atoms with Gasteiger partial charge in [0.2, 0.25) is 5.91 Å². The van der Waals surface area contributed by atoms with E-state index in [0.29, 0.717) is 6.54 Å². The first-order chi connectivity index (χ1) is 8.79. The molecule has 1 aromatic carbocycles. The molecule has 1 heterocycles. The van der Waals surface area contributed by atoms with E-state index in [0.717, 1.165) is 38.2 Å². The summed E-state index contributed by atoms with van der Waals surface area (Å²) in [5.41, 5.74) is 1.21. The summed E-state index contributed by atoms with van der Waals surface area (Å²) in [6.07, 6.45) is 1.91. The van der Waals surface area contributed by atoms with Crippen LogP contribution in [0.1, 0.15) is 12.0 Å². The average molecular weight is 248 g/mol. The van der Waals surface area contributed by atoms with Crippen LogP contribution < -0.4 is 10.1 Å². The summed E-state index contributed by atoms with van der Waals surface area (Å²) >= 11 is 0. The van der Waals surface area contributed by atoms with E-state index in [1.807, 2.05) is 23.1 Å². The Morgan fingerprint density at radius 1 is 1.44 bits per heavy atom. The first kappa shape index (κ1) is 12.9. The van der Waals surface area contributed by atoms with Gasteiger partial charge < -0.3 is 15.0 Å².